The van der Waals surface area contributed by atoms with Crippen LogP contribution >= 0.6 is 0 Å². The summed E-state index contributed by atoms with van der Waals surface area (Å²) in [7, 11) is 0. The van der Waals surface area contributed by atoms with Crippen LogP contribution in [0, 0.1) is 0 Å². The minimum Gasteiger partial charge on any atom is -0.459 e. The number of aromatic nitrogens is 1. The summed E-state index contributed by atoms with van der Waals surface area (Å²) in [4.78, 5) is 11.6. The standard InChI is InChI=1S/C23H23N3O/c1-15(2)26-19-8-6-5-7-18(19)22(3,4)23(26)14-25-21-17-13-24-12-11-16(17)9-10-20(21)27-23/h5-15H,1-4H3. The summed E-state index contributed by atoms with van der Waals surface area (Å²) in [5.41, 5.74) is 2.46. The van der Waals surface area contributed by atoms with Gasteiger partial charge in [0, 0.05) is 29.5 Å². The first-order valence-corrected chi connectivity index (χ1v) is 9.45. The van der Waals surface area contributed by atoms with Gasteiger partial charge >= 0.3 is 0 Å². The first-order valence-electron chi connectivity index (χ1n) is 9.45. The second-order valence-corrected chi connectivity index (χ2v) is 8.17. The van der Waals surface area contributed by atoms with Gasteiger partial charge in [-0.15, -0.1) is 0 Å². The smallest absolute Gasteiger partial charge is 0.229 e. The highest BCUT2D eigenvalue weighted by Gasteiger charge is 2.60. The van der Waals surface area contributed by atoms with Crippen LogP contribution in [0.5, 0.6) is 5.75 Å². The number of aliphatic imine (C=N–C) groups is 1. The van der Waals surface area contributed by atoms with Crippen molar-refractivity contribution in [2.24, 2.45) is 4.99 Å². The summed E-state index contributed by atoms with van der Waals surface area (Å²) in [5, 5.41) is 2.14. The van der Waals surface area contributed by atoms with E-state index in [-0.39, 0.29) is 11.5 Å². The van der Waals surface area contributed by atoms with Crippen molar-refractivity contribution in [3.8, 4) is 5.75 Å². The lowest BCUT2D eigenvalue weighted by Crippen LogP contribution is -2.64. The second-order valence-electron chi connectivity index (χ2n) is 8.17. The molecule has 1 spiro atoms. The molecule has 2 aliphatic heterocycles. The van der Waals surface area contributed by atoms with Crippen molar-refractivity contribution in [1.29, 1.82) is 0 Å². The number of pyridine rings is 1. The molecule has 3 heterocycles. The quantitative estimate of drug-likeness (QED) is 0.598. The highest BCUT2D eigenvalue weighted by molar-refractivity contribution is 5.99. The number of nitrogens with zero attached hydrogens (tertiary/aromatic N) is 3. The number of fused-ring (bicyclic) bond motifs is 4. The molecule has 1 atom stereocenters. The molecule has 136 valence electrons. The topological polar surface area (TPSA) is 37.7 Å². The Balaban J connectivity index is 1.74. The maximum Gasteiger partial charge on any atom is 0.229 e. The fourth-order valence-electron chi connectivity index (χ4n) is 4.63. The van der Waals surface area contributed by atoms with Gasteiger partial charge in [0.25, 0.3) is 0 Å². The lowest BCUT2D eigenvalue weighted by Gasteiger charge is -2.48. The molecule has 0 aliphatic carbocycles. The van der Waals surface area contributed by atoms with Crippen molar-refractivity contribution in [3.05, 3.63) is 60.4 Å². The largest absolute Gasteiger partial charge is 0.459 e. The zero-order valence-corrected chi connectivity index (χ0v) is 16.1. The molecule has 0 saturated heterocycles. The number of anilines is 1. The zero-order valence-electron chi connectivity index (χ0n) is 16.1. The number of rotatable bonds is 1. The predicted octanol–water partition coefficient (Wildman–Crippen LogP) is 5.23. The van der Waals surface area contributed by atoms with Crippen molar-refractivity contribution in [1.82, 2.24) is 4.98 Å². The Bertz CT molecular complexity index is 1090. The van der Waals surface area contributed by atoms with Gasteiger partial charge < -0.3 is 9.64 Å². The molecule has 1 unspecified atom stereocenters. The van der Waals surface area contributed by atoms with E-state index in [4.69, 9.17) is 9.73 Å². The van der Waals surface area contributed by atoms with Gasteiger partial charge in [-0.25, -0.2) is 0 Å². The van der Waals surface area contributed by atoms with E-state index >= 15 is 0 Å². The monoisotopic (exact) mass is 357 g/mol. The minimum absolute atomic E-state index is 0.251. The van der Waals surface area contributed by atoms with Crippen LogP contribution in [-0.2, 0) is 5.41 Å². The average Bonchev–Trinajstić information content (AvgIpc) is 2.85. The summed E-state index contributed by atoms with van der Waals surface area (Å²) in [6.07, 6.45) is 5.67. The fourth-order valence-corrected chi connectivity index (χ4v) is 4.63. The number of ether oxygens (including phenoxy) is 1. The molecule has 3 aromatic rings. The van der Waals surface area contributed by atoms with Gasteiger partial charge in [0.2, 0.25) is 5.72 Å². The van der Waals surface area contributed by atoms with Gasteiger partial charge in [0.15, 0.2) is 0 Å². The summed E-state index contributed by atoms with van der Waals surface area (Å²) in [5.74, 6) is 0.810. The molecular weight excluding hydrogens is 334 g/mol. The van der Waals surface area contributed by atoms with Crippen molar-refractivity contribution in [3.63, 3.8) is 0 Å². The van der Waals surface area contributed by atoms with Crippen molar-refractivity contribution in [2.45, 2.75) is 44.9 Å². The third kappa shape index (κ3) is 1.98. The number of hydrogen-bond donors (Lipinski definition) is 0. The lowest BCUT2D eigenvalue weighted by molar-refractivity contribution is 0.0725. The van der Waals surface area contributed by atoms with Crippen LogP contribution in [0.25, 0.3) is 10.8 Å². The molecule has 0 radical (unpaired) electrons. The Morgan fingerprint density at radius 2 is 1.85 bits per heavy atom. The van der Waals surface area contributed by atoms with Gasteiger partial charge in [0.05, 0.1) is 11.6 Å². The van der Waals surface area contributed by atoms with E-state index in [0.29, 0.717) is 0 Å². The Labute approximate surface area is 159 Å². The Morgan fingerprint density at radius 1 is 1.04 bits per heavy atom. The zero-order chi connectivity index (χ0) is 18.8. The molecule has 0 amide bonds. The predicted molar refractivity (Wildman–Crippen MR) is 110 cm³/mol. The van der Waals surface area contributed by atoms with E-state index in [9.17, 15) is 0 Å². The maximum absolute atomic E-state index is 6.81. The molecular formula is C23H23N3O. The molecule has 4 nitrogen and oxygen atoms in total. The van der Waals surface area contributed by atoms with Crippen LogP contribution < -0.4 is 9.64 Å². The molecule has 5 rings (SSSR count). The minimum atomic E-state index is -0.659. The molecule has 0 saturated carbocycles. The maximum atomic E-state index is 6.81. The molecule has 0 fully saturated rings. The number of para-hydroxylation sites is 1. The first-order chi connectivity index (χ1) is 13.0. The van der Waals surface area contributed by atoms with Crippen LogP contribution in [0.15, 0.2) is 59.9 Å². The van der Waals surface area contributed by atoms with Crippen LogP contribution in [0.2, 0.25) is 0 Å². The molecule has 0 N–H and O–H groups in total. The van der Waals surface area contributed by atoms with Gasteiger partial charge in [-0.05, 0) is 56.8 Å². The van der Waals surface area contributed by atoms with E-state index < -0.39 is 5.72 Å². The van der Waals surface area contributed by atoms with Crippen LogP contribution in [0.1, 0.15) is 33.3 Å². The van der Waals surface area contributed by atoms with E-state index in [2.05, 4.69) is 67.9 Å². The molecule has 0 bridgehead atoms. The summed E-state index contributed by atoms with van der Waals surface area (Å²) in [6.45, 7) is 8.90. The number of hydrogen-bond acceptors (Lipinski definition) is 4. The third-order valence-electron chi connectivity index (χ3n) is 6.00. The van der Waals surface area contributed by atoms with Crippen molar-refractivity contribution < 1.29 is 4.74 Å². The highest BCUT2D eigenvalue weighted by atomic mass is 16.5. The molecule has 2 aromatic carbocycles. The van der Waals surface area contributed by atoms with E-state index in [0.717, 1.165) is 22.2 Å². The molecule has 27 heavy (non-hydrogen) atoms. The number of benzene rings is 2. The van der Waals surface area contributed by atoms with Gasteiger partial charge in [-0.1, -0.05) is 24.3 Å². The van der Waals surface area contributed by atoms with Crippen LogP contribution in [0.3, 0.4) is 0 Å². The van der Waals surface area contributed by atoms with Gasteiger partial charge in [-0.3, -0.25) is 9.98 Å². The molecule has 4 heteroatoms. The Hall–Kier alpha value is -2.88. The fraction of sp³-hybridized carbons (Fsp3) is 0.304. The average molecular weight is 357 g/mol. The summed E-state index contributed by atoms with van der Waals surface area (Å²) in [6, 6.07) is 15.0. The van der Waals surface area contributed by atoms with Gasteiger partial charge in [0.1, 0.15) is 11.4 Å². The SMILES string of the molecule is CC(C)N1c2ccccc2C(C)(C)C12C=Nc1c(ccc3ccncc13)O2. The van der Waals surface area contributed by atoms with Gasteiger partial charge in [-0.2, -0.15) is 0 Å². The Morgan fingerprint density at radius 3 is 2.67 bits per heavy atom. The second kappa shape index (κ2) is 5.32. The van der Waals surface area contributed by atoms with E-state index in [1.54, 1.807) is 6.20 Å². The Kier molecular flexibility index (Phi) is 3.21. The van der Waals surface area contributed by atoms with Crippen LogP contribution in [-0.4, -0.2) is 23.0 Å². The van der Waals surface area contributed by atoms with Crippen LogP contribution in [0.4, 0.5) is 11.4 Å². The molecule has 2 aliphatic rings. The summed E-state index contributed by atoms with van der Waals surface area (Å²) < 4.78 is 6.81. The van der Waals surface area contributed by atoms with Crippen molar-refractivity contribution in [2.75, 3.05) is 4.90 Å². The first kappa shape index (κ1) is 16.3. The summed E-state index contributed by atoms with van der Waals surface area (Å²) >= 11 is 0. The van der Waals surface area contributed by atoms with Crippen molar-refractivity contribution >= 4 is 28.4 Å². The molecule has 1 aromatic heterocycles. The highest BCUT2D eigenvalue weighted by Crippen LogP contribution is 2.55. The lowest BCUT2D eigenvalue weighted by atomic mass is 9.77. The third-order valence-corrected chi connectivity index (χ3v) is 6.00. The van der Waals surface area contributed by atoms with E-state index in [1.807, 2.05) is 24.5 Å². The van der Waals surface area contributed by atoms with E-state index in [1.165, 1.54) is 11.3 Å². The normalized spacial score (nSPS) is 22.2.